The quantitative estimate of drug-likeness (QED) is 0.748. The first-order valence-corrected chi connectivity index (χ1v) is 7.98. The molecule has 122 valence electrons. The second-order valence-corrected chi connectivity index (χ2v) is 6.56. The zero-order valence-corrected chi connectivity index (χ0v) is 14.3. The van der Waals surface area contributed by atoms with Crippen molar-refractivity contribution in [2.45, 2.75) is 6.54 Å². The van der Waals surface area contributed by atoms with E-state index in [2.05, 4.69) is 4.74 Å². The van der Waals surface area contributed by atoms with Gasteiger partial charge in [-0.1, -0.05) is 17.7 Å². The van der Waals surface area contributed by atoms with Crippen LogP contribution < -0.4 is 4.74 Å². The van der Waals surface area contributed by atoms with Crippen LogP contribution in [0.1, 0.15) is 15.2 Å². The molecule has 1 heterocycles. The van der Waals surface area contributed by atoms with Crippen molar-refractivity contribution in [2.24, 2.45) is 0 Å². The van der Waals surface area contributed by atoms with Crippen molar-refractivity contribution in [1.82, 2.24) is 4.90 Å². The summed E-state index contributed by atoms with van der Waals surface area (Å²) in [6, 6.07) is 10.2. The van der Waals surface area contributed by atoms with E-state index in [4.69, 9.17) is 16.3 Å². The highest BCUT2D eigenvalue weighted by Gasteiger charge is 2.12. The number of esters is 1. The molecule has 0 aliphatic carbocycles. The minimum absolute atomic E-state index is 0.111. The normalized spacial score (nSPS) is 10.2. The zero-order chi connectivity index (χ0) is 16.8. The van der Waals surface area contributed by atoms with E-state index in [1.54, 1.807) is 36.2 Å². The number of amides is 1. The Bertz CT molecular complexity index is 701. The Morgan fingerprint density at radius 3 is 2.70 bits per heavy atom. The standard InChI is InChI=1S/C16H16ClNO4S/c1-18(9-13-6-7-14(17)23-13)15(19)10-22-12-5-3-4-11(8-12)16(20)21-2/h3-8H,9-10H2,1-2H3. The Labute approximate surface area is 143 Å². The Kier molecular flexibility index (Phi) is 6.01. The number of methoxy groups -OCH3 is 1. The van der Waals surface area contributed by atoms with Crippen LogP contribution in [0.4, 0.5) is 0 Å². The highest BCUT2D eigenvalue weighted by Crippen LogP contribution is 2.22. The fraction of sp³-hybridized carbons (Fsp3) is 0.250. The molecule has 2 rings (SSSR count). The molecule has 23 heavy (non-hydrogen) atoms. The number of carbonyl (C=O) groups is 2. The van der Waals surface area contributed by atoms with E-state index in [0.29, 0.717) is 22.2 Å². The summed E-state index contributed by atoms with van der Waals surface area (Å²) in [6.45, 7) is 0.363. The lowest BCUT2D eigenvalue weighted by molar-refractivity contribution is -0.132. The third-order valence-electron chi connectivity index (χ3n) is 3.07. The van der Waals surface area contributed by atoms with Crippen molar-refractivity contribution in [3.05, 3.63) is 51.2 Å². The number of halogens is 1. The third kappa shape index (κ3) is 4.97. The van der Waals surface area contributed by atoms with Crippen LogP contribution in [0.3, 0.4) is 0 Å². The van der Waals surface area contributed by atoms with Gasteiger partial charge in [0.2, 0.25) is 0 Å². The van der Waals surface area contributed by atoms with Crippen molar-refractivity contribution in [3.63, 3.8) is 0 Å². The average molecular weight is 354 g/mol. The molecule has 2 aromatic rings. The molecule has 0 unspecified atom stereocenters. The van der Waals surface area contributed by atoms with Crippen LogP contribution >= 0.6 is 22.9 Å². The third-order valence-corrected chi connectivity index (χ3v) is 4.28. The van der Waals surface area contributed by atoms with Crippen LogP contribution in [0.2, 0.25) is 4.34 Å². The number of hydrogen-bond acceptors (Lipinski definition) is 5. The lowest BCUT2D eigenvalue weighted by Gasteiger charge is -2.16. The average Bonchev–Trinajstić information content (AvgIpc) is 2.96. The van der Waals surface area contributed by atoms with Gasteiger partial charge in [0.25, 0.3) is 5.91 Å². The summed E-state index contributed by atoms with van der Waals surface area (Å²) in [5, 5.41) is 0. The Morgan fingerprint density at radius 1 is 1.26 bits per heavy atom. The summed E-state index contributed by atoms with van der Waals surface area (Å²) >= 11 is 7.30. The molecule has 0 spiro atoms. The first kappa shape index (κ1) is 17.3. The van der Waals surface area contributed by atoms with Gasteiger partial charge in [-0.2, -0.15) is 0 Å². The van der Waals surface area contributed by atoms with Crippen molar-refractivity contribution in [2.75, 3.05) is 20.8 Å². The number of benzene rings is 1. The molecular weight excluding hydrogens is 338 g/mol. The molecule has 0 fully saturated rings. The fourth-order valence-electron chi connectivity index (χ4n) is 1.84. The van der Waals surface area contributed by atoms with Gasteiger partial charge >= 0.3 is 5.97 Å². The molecule has 1 aromatic heterocycles. The Hall–Kier alpha value is -2.05. The molecule has 0 saturated carbocycles. The second kappa shape index (κ2) is 7.99. The monoisotopic (exact) mass is 353 g/mol. The zero-order valence-electron chi connectivity index (χ0n) is 12.7. The molecule has 0 radical (unpaired) electrons. The van der Waals surface area contributed by atoms with Crippen LogP contribution in [0.15, 0.2) is 36.4 Å². The maximum Gasteiger partial charge on any atom is 0.337 e. The Morgan fingerprint density at radius 2 is 2.04 bits per heavy atom. The molecule has 5 nitrogen and oxygen atoms in total. The van der Waals surface area contributed by atoms with Crippen molar-refractivity contribution < 1.29 is 19.1 Å². The molecule has 1 amide bonds. The van der Waals surface area contributed by atoms with Crippen LogP contribution in [-0.4, -0.2) is 37.5 Å². The summed E-state index contributed by atoms with van der Waals surface area (Å²) in [6.07, 6.45) is 0. The second-order valence-electron chi connectivity index (χ2n) is 4.76. The van der Waals surface area contributed by atoms with E-state index in [1.165, 1.54) is 24.5 Å². The minimum atomic E-state index is -0.450. The Balaban J connectivity index is 1.89. The van der Waals surface area contributed by atoms with Gasteiger partial charge < -0.3 is 14.4 Å². The van der Waals surface area contributed by atoms with E-state index in [9.17, 15) is 9.59 Å². The number of hydrogen-bond donors (Lipinski definition) is 0. The summed E-state index contributed by atoms with van der Waals surface area (Å²) in [5.41, 5.74) is 0.374. The molecule has 0 N–H and O–H groups in total. The van der Waals surface area contributed by atoms with Gasteiger partial charge in [0, 0.05) is 11.9 Å². The van der Waals surface area contributed by atoms with Crippen molar-refractivity contribution >= 4 is 34.8 Å². The maximum absolute atomic E-state index is 12.1. The van der Waals surface area contributed by atoms with Crippen LogP contribution in [0, 0.1) is 0 Å². The van der Waals surface area contributed by atoms with Crippen molar-refractivity contribution in [1.29, 1.82) is 0 Å². The van der Waals surface area contributed by atoms with Gasteiger partial charge in [0.15, 0.2) is 6.61 Å². The van der Waals surface area contributed by atoms with Crippen LogP contribution in [-0.2, 0) is 16.1 Å². The highest BCUT2D eigenvalue weighted by molar-refractivity contribution is 7.16. The summed E-state index contributed by atoms with van der Waals surface area (Å²) in [5.74, 6) is -0.180. The number of thiophene rings is 1. The number of likely N-dealkylation sites (N-methyl/N-ethyl adjacent to an activating group) is 1. The van der Waals surface area contributed by atoms with Crippen LogP contribution in [0.5, 0.6) is 5.75 Å². The van der Waals surface area contributed by atoms with E-state index >= 15 is 0 Å². The van der Waals surface area contributed by atoms with Crippen LogP contribution in [0.25, 0.3) is 0 Å². The predicted molar refractivity (Wildman–Crippen MR) is 89.1 cm³/mol. The smallest absolute Gasteiger partial charge is 0.337 e. The van der Waals surface area contributed by atoms with Gasteiger partial charge in [0.1, 0.15) is 5.75 Å². The van der Waals surface area contributed by atoms with Gasteiger partial charge in [0.05, 0.1) is 23.6 Å². The molecule has 0 bridgehead atoms. The highest BCUT2D eigenvalue weighted by atomic mass is 35.5. The van der Waals surface area contributed by atoms with E-state index < -0.39 is 5.97 Å². The molecule has 0 saturated heterocycles. The summed E-state index contributed by atoms with van der Waals surface area (Å²) < 4.78 is 10.8. The lowest BCUT2D eigenvalue weighted by Crippen LogP contribution is -2.30. The molecular formula is C16H16ClNO4S. The molecule has 1 aromatic carbocycles. The first-order valence-electron chi connectivity index (χ1n) is 6.79. The van der Waals surface area contributed by atoms with E-state index in [-0.39, 0.29) is 12.5 Å². The number of nitrogens with zero attached hydrogens (tertiary/aromatic N) is 1. The predicted octanol–water partition coefficient (Wildman–Crippen LogP) is 3.23. The van der Waals surface area contributed by atoms with Gasteiger partial charge in [-0.3, -0.25) is 4.79 Å². The van der Waals surface area contributed by atoms with Gasteiger partial charge in [-0.15, -0.1) is 11.3 Å². The summed E-state index contributed by atoms with van der Waals surface area (Å²) in [4.78, 5) is 26.1. The molecule has 0 aliphatic rings. The SMILES string of the molecule is COC(=O)c1cccc(OCC(=O)N(C)Cc2ccc(Cl)s2)c1. The largest absolute Gasteiger partial charge is 0.484 e. The summed E-state index contributed by atoms with van der Waals surface area (Å²) in [7, 11) is 3.01. The topological polar surface area (TPSA) is 55.8 Å². The molecule has 7 heteroatoms. The minimum Gasteiger partial charge on any atom is -0.484 e. The number of ether oxygens (including phenoxy) is 2. The first-order chi connectivity index (χ1) is 11.0. The number of rotatable bonds is 6. The maximum atomic E-state index is 12.1. The van der Waals surface area contributed by atoms with Crippen molar-refractivity contribution in [3.8, 4) is 5.75 Å². The van der Waals surface area contributed by atoms with E-state index in [1.807, 2.05) is 6.07 Å². The lowest BCUT2D eigenvalue weighted by atomic mass is 10.2. The molecule has 0 atom stereocenters. The van der Waals surface area contributed by atoms with E-state index in [0.717, 1.165) is 4.88 Å². The van der Waals surface area contributed by atoms with Gasteiger partial charge in [-0.25, -0.2) is 4.79 Å². The fourth-order valence-corrected chi connectivity index (χ4v) is 2.99. The molecule has 0 aliphatic heterocycles. The van der Waals surface area contributed by atoms with Gasteiger partial charge in [-0.05, 0) is 30.3 Å². The number of carbonyl (C=O) groups excluding carboxylic acids is 2.